The number of piperidine rings is 1. The van der Waals surface area contributed by atoms with Gasteiger partial charge in [-0.3, -0.25) is 18.8 Å². The van der Waals surface area contributed by atoms with Gasteiger partial charge in [-0.2, -0.15) is 30.4 Å². The average molecular weight is 2020 g/mol. The molecular formula is C79H87BCl9N26O16S. The Morgan fingerprint density at radius 3 is 1.39 bits per heavy atom. The number of piperazine rings is 2. The van der Waals surface area contributed by atoms with Gasteiger partial charge in [-0.1, -0.05) is 76.0 Å². The Morgan fingerprint density at radius 2 is 0.947 bits per heavy atom. The monoisotopic (exact) mass is 2010 g/mol. The fraction of sp³-hybridized carbons (Fsp3) is 0.291. The highest BCUT2D eigenvalue weighted by Gasteiger charge is 2.27. The van der Waals surface area contributed by atoms with Gasteiger partial charge in [0.2, 0.25) is 9.23 Å². The SMILES string of the molecule is CCO.CCOC(=O)C(Cl)C=O.CCOC(=O)c1cnc2ccc(Cl)nn12.CN1CCCCC1.CN1CCN(C(=O)c2cnc3ccc(-c4ccc5oc(N)nc5c4)nn23)CC1.CN1CCN(C(=O)c2cnc3ccc(Cl)nn23)CC1.Nc1ccc(Cl)nn1.Nc1nc2cc([B]O)ccc2o1.O.O=C(Cl)c1cnc2ccc(Cl)nn12.O=C(O)c1cnc2ccc(Cl)cn12.O=S(Cl)Cl. The lowest BCUT2D eigenvalue weighted by Crippen LogP contribution is -2.47. The molecule has 53 heteroatoms. The molecule has 0 bridgehead atoms. The van der Waals surface area contributed by atoms with Crippen molar-refractivity contribution in [3.05, 3.63) is 200 Å². The Labute approximate surface area is 798 Å². The van der Waals surface area contributed by atoms with Crippen molar-refractivity contribution in [2.75, 3.05) is 124 Å². The molecule has 13 aromatic heterocycles. The number of nitrogen functional groups attached to an aromatic ring is 3. The maximum absolute atomic E-state index is 13.0. The predicted molar refractivity (Wildman–Crippen MR) is 502 cm³/mol. The number of nitrogens with two attached hydrogens (primary N) is 3. The number of aliphatic hydroxyl groups is 1. The molecule has 11 N–H and O–H groups in total. The van der Waals surface area contributed by atoms with Gasteiger partial charge in [0.15, 0.2) is 67.1 Å². The molecule has 3 aliphatic heterocycles. The van der Waals surface area contributed by atoms with Crippen LogP contribution in [-0.4, -0.2) is 298 Å². The van der Waals surface area contributed by atoms with Crippen LogP contribution in [0.15, 0.2) is 155 Å². The number of alkyl halides is 1. The molecule has 18 rings (SSSR count). The first-order valence-electron chi connectivity index (χ1n) is 39.0. The van der Waals surface area contributed by atoms with Crippen molar-refractivity contribution in [1.29, 1.82) is 0 Å². The number of halogens is 9. The molecule has 1 radical (unpaired) electrons. The lowest BCUT2D eigenvalue weighted by Gasteiger charge is -2.32. The van der Waals surface area contributed by atoms with E-state index in [1.165, 1.54) is 75.1 Å². The number of imidazole rings is 5. The number of likely N-dealkylation sites (N-methyl/N-ethyl adjacent to an activating group) is 2. The number of esters is 2. The van der Waals surface area contributed by atoms with Crippen LogP contribution in [0.1, 0.15) is 92.5 Å². The van der Waals surface area contributed by atoms with E-state index in [0.717, 1.165) is 52.3 Å². The molecular weight excluding hydrogens is 1930 g/mol. The fourth-order valence-corrected chi connectivity index (χ4v) is 12.5. The molecule has 3 saturated heterocycles. The predicted octanol–water partition coefficient (Wildman–Crippen LogP) is 9.32. The van der Waals surface area contributed by atoms with E-state index in [9.17, 15) is 33.6 Å². The molecule has 2 amide bonds. The maximum atomic E-state index is 13.0. The second-order valence-electron chi connectivity index (χ2n) is 27.1. The summed E-state index contributed by atoms with van der Waals surface area (Å²) in [5, 5.41) is 48.6. The zero-order chi connectivity index (χ0) is 95.5. The van der Waals surface area contributed by atoms with Gasteiger partial charge < -0.3 is 85.5 Å². The molecule has 1 unspecified atom stereocenters. The summed E-state index contributed by atoms with van der Waals surface area (Å²) < 4.78 is 35.9. The summed E-state index contributed by atoms with van der Waals surface area (Å²) in [6, 6.07) is 31.1. The van der Waals surface area contributed by atoms with Crippen molar-refractivity contribution in [2.24, 2.45) is 0 Å². The van der Waals surface area contributed by atoms with Crippen LogP contribution in [0, 0.1) is 0 Å². The number of carboxylic acid groups (broad SMARTS) is 1. The van der Waals surface area contributed by atoms with Crippen molar-refractivity contribution >= 4 is 234 Å². The number of fused-ring (bicyclic) bond motifs is 7. The molecule has 3 fully saturated rings. The number of anilines is 3. The number of benzene rings is 2. The number of pyridine rings is 1. The van der Waals surface area contributed by atoms with E-state index >= 15 is 0 Å². The van der Waals surface area contributed by atoms with Crippen molar-refractivity contribution in [2.45, 2.75) is 45.4 Å². The first-order chi connectivity index (χ1) is 62.6. The second kappa shape index (κ2) is 53.7. The molecule has 0 spiro atoms. The van der Waals surface area contributed by atoms with Crippen LogP contribution in [-0.2, 0) is 28.3 Å². The zero-order valence-corrected chi connectivity index (χ0v) is 78.6. The molecule has 132 heavy (non-hydrogen) atoms. The molecule has 0 aliphatic carbocycles. The molecule has 0 saturated carbocycles. The Bertz CT molecular complexity index is 6240. The van der Waals surface area contributed by atoms with Crippen LogP contribution < -0.4 is 22.7 Å². The van der Waals surface area contributed by atoms with Crippen molar-refractivity contribution < 1.29 is 76.8 Å². The Hall–Kier alpha value is -11.7. The summed E-state index contributed by atoms with van der Waals surface area (Å²) in [5.74, 6) is -1.88. The first-order valence-corrected chi connectivity index (χ1v) is 44.6. The number of aromatic carboxylic acids is 1. The highest BCUT2D eigenvalue weighted by Crippen LogP contribution is 2.26. The van der Waals surface area contributed by atoms with Gasteiger partial charge in [0.25, 0.3) is 29.1 Å². The van der Waals surface area contributed by atoms with Crippen LogP contribution in [0.25, 0.3) is 61.7 Å². The number of carbonyl (C=O) groups excluding carboxylic acids is 6. The molecule has 701 valence electrons. The van der Waals surface area contributed by atoms with Crippen LogP contribution in [0.5, 0.6) is 0 Å². The van der Waals surface area contributed by atoms with E-state index in [4.69, 9.17) is 131 Å². The standard InChI is InChI=1S/C19H19N7O2.C12H14ClN5O.C9H8ClN3O2.C8H5ClN2O2.C7H6BN2O2.C7H3Cl2N3O.C6H13N.C5H7ClO3.C4H4ClN3.C2H6O.Cl2OS.H2O/c1-24-6-8-25(9-7-24)18(27)15-11-21-17-5-3-13(23-26(15)17)12-2-4-16-14(10-12)22-19(20)28-16;1-16-4-6-17(7-5-16)12(19)9-8-14-11-3-2-10(13)15-18(9)11;1-2-15-9(14)6-5-11-8-4-3-7(10)12-13(6)8;9-5-1-2-7-10-3-6(8(12)13)11(7)4-5;9-7-10-5-3-4(8-11)1-2-6(5)12-7;8-5-1-2-6-10-3-4(7(9)13)12(6)11-5;1-7-5-3-2-4-6-7;1-2-9-5(8)4(6)3-7;5-3-1-2-4(6)8-7-3;1-2-3;1-4(2)3;/h2-5,10-11H,6-9H2,1H3,(H2,20,22);2-3,8H,4-7H2,1H3;3-5H,2H2,1H3;1-4H,(H,12,13);1-3,11H,(H2,9,10);1-3H;2-6H2,1H3;3-4H,2H2,1H3;1-2H,(H2,6,8);3H,2H2,1H3;;1H2. The highest BCUT2D eigenvalue weighted by atomic mass is 36.0. The number of aliphatic hydroxyl groups excluding tert-OH is 1. The third-order valence-electron chi connectivity index (χ3n) is 17.9. The number of hydrogen-bond acceptors (Lipinski definition) is 33. The van der Waals surface area contributed by atoms with E-state index in [1.807, 2.05) is 40.1 Å². The van der Waals surface area contributed by atoms with Crippen molar-refractivity contribution in [3.8, 4) is 11.3 Å². The highest BCUT2D eigenvalue weighted by molar-refractivity contribution is 8.26. The van der Waals surface area contributed by atoms with E-state index in [0.29, 0.717) is 125 Å². The van der Waals surface area contributed by atoms with Crippen molar-refractivity contribution in [3.63, 3.8) is 0 Å². The molecule has 1 atom stereocenters. The largest absolute Gasteiger partial charge is 0.477 e. The number of rotatable bonds is 11. The van der Waals surface area contributed by atoms with Gasteiger partial charge >= 0.3 is 25.4 Å². The Morgan fingerprint density at radius 1 is 0.530 bits per heavy atom. The molecule has 16 heterocycles. The topological polar surface area (TPSA) is 557 Å². The first kappa shape index (κ1) is 107. The second-order valence-corrected chi connectivity index (χ2v) is 32.5. The normalized spacial score (nSPS) is 13.1. The van der Waals surface area contributed by atoms with Crippen molar-refractivity contribution in [1.82, 2.24) is 112 Å². The van der Waals surface area contributed by atoms with Crippen LogP contribution in [0.3, 0.4) is 0 Å². The Kier molecular flexibility index (Phi) is 43.7. The number of ether oxygens (including phenoxy) is 2. The minimum atomic E-state index is -1.67. The minimum absolute atomic E-state index is 0. The van der Waals surface area contributed by atoms with Gasteiger partial charge in [-0.15, -0.1) is 21.8 Å². The van der Waals surface area contributed by atoms with Gasteiger partial charge in [-0.05, 0) is 183 Å². The molecule has 3 aliphatic rings. The number of aromatic nitrogens is 18. The lowest BCUT2D eigenvalue weighted by atomic mass is 9.89. The summed E-state index contributed by atoms with van der Waals surface area (Å²) >= 11 is 38.8. The number of aldehydes is 1. The van der Waals surface area contributed by atoms with Gasteiger partial charge in [0, 0.05) is 92.1 Å². The third kappa shape index (κ3) is 32.4. The number of hydrogen-bond donors (Lipinski definition) is 6. The summed E-state index contributed by atoms with van der Waals surface area (Å²) in [6.45, 7) is 14.9. The van der Waals surface area contributed by atoms with Gasteiger partial charge in [0.05, 0.1) is 54.9 Å². The number of carboxylic acids is 1. The van der Waals surface area contributed by atoms with Crippen LogP contribution in [0.4, 0.5) is 17.8 Å². The zero-order valence-electron chi connectivity index (χ0n) is 71.0. The van der Waals surface area contributed by atoms with E-state index < -0.39 is 37.8 Å². The smallest absolute Gasteiger partial charge is 0.358 e. The quantitative estimate of drug-likeness (QED) is 0.0175. The number of carbonyl (C=O) groups is 7. The number of likely N-dealkylation sites (tertiary alicyclic amines) is 1. The summed E-state index contributed by atoms with van der Waals surface area (Å²) in [4.78, 5) is 117. The minimum Gasteiger partial charge on any atom is -0.477 e. The average Bonchev–Trinajstić information content (AvgIpc) is 1.64. The third-order valence-corrected chi connectivity index (χ3v) is 19.4. The number of oxazole rings is 2. The van der Waals surface area contributed by atoms with Crippen LogP contribution >= 0.6 is 103 Å². The van der Waals surface area contributed by atoms with E-state index in [2.05, 4.69) is 127 Å². The fourth-order valence-electron chi connectivity index (χ4n) is 11.6. The Balaban J connectivity index is 0.000000207. The molecule has 15 aromatic rings. The summed E-state index contributed by atoms with van der Waals surface area (Å²) in [7, 11) is 14.7. The van der Waals surface area contributed by atoms with E-state index in [1.54, 1.807) is 117 Å². The number of nitrogens with zero attached hydrogens (tertiary/aromatic N) is 23. The van der Waals surface area contributed by atoms with Crippen LogP contribution in [0.2, 0.25) is 25.6 Å². The summed E-state index contributed by atoms with van der Waals surface area (Å²) in [5.41, 5.74) is 25.4. The molecule has 42 nitrogen and oxygen atoms in total. The maximum Gasteiger partial charge on any atom is 0.358 e. The van der Waals surface area contributed by atoms with E-state index in [-0.39, 0.29) is 64.8 Å². The van der Waals surface area contributed by atoms with Gasteiger partial charge in [0.1, 0.15) is 49.9 Å². The lowest BCUT2D eigenvalue weighted by molar-refractivity contribution is -0.143. The molecule has 2 aromatic carbocycles. The number of amides is 2. The summed E-state index contributed by atoms with van der Waals surface area (Å²) in [6.07, 6.45) is 13.3. The van der Waals surface area contributed by atoms with Gasteiger partial charge in [-0.25, -0.2) is 61.6 Å².